The molecule has 3 aromatic rings. The first-order valence-electron chi connectivity index (χ1n) is 6.54. The van der Waals surface area contributed by atoms with Gasteiger partial charge in [-0.15, -0.1) is 0 Å². The Morgan fingerprint density at radius 3 is 2.86 bits per heavy atom. The third kappa shape index (κ3) is 2.40. The average Bonchev–Trinajstić information content (AvgIpc) is 2.96. The zero-order valence-electron chi connectivity index (χ0n) is 11.4. The molecule has 3 rings (SSSR count). The number of para-hydroxylation sites is 1. The highest BCUT2D eigenvalue weighted by atomic mass is 16.1. The van der Waals surface area contributed by atoms with Crippen LogP contribution in [0.1, 0.15) is 17.3 Å². The van der Waals surface area contributed by atoms with Crippen molar-refractivity contribution in [2.75, 3.05) is 11.9 Å². The van der Waals surface area contributed by atoms with Crippen molar-refractivity contribution in [3.05, 3.63) is 42.2 Å². The van der Waals surface area contributed by atoms with Crippen LogP contribution in [-0.2, 0) is 0 Å². The number of primary amides is 1. The summed E-state index contributed by atoms with van der Waals surface area (Å²) in [6, 6.07) is 7.62. The van der Waals surface area contributed by atoms with Gasteiger partial charge >= 0.3 is 0 Å². The van der Waals surface area contributed by atoms with E-state index < -0.39 is 5.91 Å². The van der Waals surface area contributed by atoms with Crippen LogP contribution in [0.4, 0.5) is 5.95 Å². The van der Waals surface area contributed by atoms with E-state index >= 15 is 0 Å². The molecule has 7 nitrogen and oxygen atoms in total. The first-order chi connectivity index (χ1) is 10.2. The highest BCUT2D eigenvalue weighted by Crippen LogP contribution is 2.20. The lowest BCUT2D eigenvalue weighted by Gasteiger charge is -2.08. The number of carbonyl (C=O) groups excluding carboxylic acids is 1. The first kappa shape index (κ1) is 13.0. The number of carbonyl (C=O) groups is 1. The molecular formula is C14H14N6O. The van der Waals surface area contributed by atoms with Crippen LogP contribution < -0.4 is 11.1 Å². The van der Waals surface area contributed by atoms with Crippen LogP contribution in [0.3, 0.4) is 0 Å². The second-order valence-electron chi connectivity index (χ2n) is 4.46. The molecule has 0 aliphatic carbocycles. The van der Waals surface area contributed by atoms with Crippen molar-refractivity contribution in [1.82, 2.24) is 19.7 Å². The van der Waals surface area contributed by atoms with E-state index in [0.29, 0.717) is 23.9 Å². The van der Waals surface area contributed by atoms with E-state index in [0.717, 1.165) is 10.9 Å². The molecule has 21 heavy (non-hydrogen) atoms. The number of rotatable bonds is 4. The smallest absolute Gasteiger partial charge is 0.251 e. The molecule has 0 spiro atoms. The van der Waals surface area contributed by atoms with Crippen molar-refractivity contribution < 1.29 is 4.79 Å². The van der Waals surface area contributed by atoms with Gasteiger partial charge < -0.3 is 11.1 Å². The number of nitrogens with two attached hydrogens (primary N) is 1. The molecule has 0 saturated carbocycles. The molecule has 2 aromatic heterocycles. The number of nitrogens with one attached hydrogen (secondary N) is 1. The highest BCUT2D eigenvalue weighted by Gasteiger charge is 2.12. The summed E-state index contributed by atoms with van der Waals surface area (Å²) in [6.07, 6.45) is 2.99. The van der Waals surface area contributed by atoms with Crippen LogP contribution in [0.15, 0.2) is 36.7 Å². The van der Waals surface area contributed by atoms with E-state index in [-0.39, 0.29) is 0 Å². The Labute approximate surface area is 120 Å². The predicted molar refractivity (Wildman–Crippen MR) is 79.3 cm³/mol. The lowest BCUT2D eigenvalue weighted by molar-refractivity contribution is 0.100. The molecule has 0 atom stereocenters. The van der Waals surface area contributed by atoms with Gasteiger partial charge in [0.2, 0.25) is 5.95 Å². The Morgan fingerprint density at radius 1 is 1.33 bits per heavy atom. The summed E-state index contributed by atoms with van der Waals surface area (Å²) in [5, 5.41) is 8.09. The number of amides is 1. The highest BCUT2D eigenvalue weighted by molar-refractivity contribution is 5.92. The van der Waals surface area contributed by atoms with E-state index in [1.54, 1.807) is 6.20 Å². The van der Waals surface area contributed by atoms with Crippen LogP contribution in [0.2, 0.25) is 0 Å². The lowest BCUT2D eigenvalue weighted by atomic mass is 10.2. The maximum atomic E-state index is 11.2. The van der Waals surface area contributed by atoms with Crippen LogP contribution in [-0.4, -0.2) is 32.2 Å². The van der Waals surface area contributed by atoms with E-state index in [9.17, 15) is 4.79 Å². The number of hydrogen-bond donors (Lipinski definition) is 2. The Kier molecular flexibility index (Phi) is 3.23. The molecule has 0 unspecified atom stereocenters. The summed E-state index contributed by atoms with van der Waals surface area (Å²) in [4.78, 5) is 20.1. The summed E-state index contributed by atoms with van der Waals surface area (Å²) in [7, 11) is 0. The molecule has 0 bridgehead atoms. The number of benzene rings is 1. The minimum Gasteiger partial charge on any atom is -0.366 e. The lowest BCUT2D eigenvalue weighted by Crippen LogP contribution is -2.10. The third-order valence-corrected chi connectivity index (χ3v) is 3.00. The van der Waals surface area contributed by atoms with Gasteiger partial charge in [-0.05, 0) is 19.1 Å². The number of aromatic nitrogens is 4. The monoisotopic (exact) mass is 282 g/mol. The normalized spacial score (nSPS) is 10.7. The Morgan fingerprint density at radius 2 is 2.14 bits per heavy atom. The van der Waals surface area contributed by atoms with Gasteiger partial charge in [-0.3, -0.25) is 4.79 Å². The maximum Gasteiger partial charge on any atom is 0.251 e. The van der Waals surface area contributed by atoms with Gasteiger partial charge in [-0.2, -0.15) is 10.1 Å². The molecule has 3 N–H and O–H groups in total. The first-order valence-corrected chi connectivity index (χ1v) is 6.54. The summed E-state index contributed by atoms with van der Waals surface area (Å²) in [5.41, 5.74) is 6.39. The van der Waals surface area contributed by atoms with Crippen molar-refractivity contribution in [3.63, 3.8) is 0 Å². The second-order valence-corrected chi connectivity index (χ2v) is 4.46. The van der Waals surface area contributed by atoms with Crippen molar-refractivity contribution in [2.24, 2.45) is 5.73 Å². The average molecular weight is 282 g/mol. The standard InChI is InChI=1S/C14H14N6O/c1-2-16-14-18-11-6-4-3-5-10(11)13(19-14)20-8-9(7-17-20)12(15)21/h3-8H,2H2,1H3,(H2,15,21)(H,16,18,19). The van der Waals surface area contributed by atoms with Gasteiger partial charge in [0.25, 0.3) is 5.91 Å². The Bertz CT molecular complexity index is 810. The van der Waals surface area contributed by atoms with Crippen molar-refractivity contribution >= 4 is 22.8 Å². The molecule has 0 aliphatic rings. The molecule has 0 aliphatic heterocycles. The third-order valence-electron chi connectivity index (χ3n) is 3.00. The molecule has 1 aromatic carbocycles. The summed E-state index contributed by atoms with van der Waals surface area (Å²) in [5.74, 6) is 0.595. The van der Waals surface area contributed by atoms with Gasteiger partial charge in [0.15, 0.2) is 5.82 Å². The minimum absolute atomic E-state index is 0.336. The zero-order valence-corrected chi connectivity index (χ0v) is 11.4. The predicted octanol–water partition coefficient (Wildman–Crippen LogP) is 1.35. The fraction of sp³-hybridized carbons (Fsp3) is 0.143. The number of anilines is 1. The molecule has 1 amide bonds. The molecular weight excluding hydrogens is 268 g/mol. The number of hydrogen-bond acceptors (Lipinski definition) is 5. The fourth-order valence-electron chi connectivity index (χ4n) is 2.04. The molecule has 0 radical (unpaired) electrons. The van der Waals surface area contributed by atoms with Crippen LogP contribution >= 0.6 is 0 Å². The van der Waals surface area contributed by atoms with Crippen LogP contribution in [0, 0.1) is 0 Å². The van der Waals surface area contributed by atoms with E-state index in [1.807, 2.05) is 31.2 Å². The van der Waals surface area contributed by atoms with E-state index in [4.69, 9.17) is 5.73 Å². The largest absolute Gasteiger partial charge is 0.366 e. The molecule has 0 saturated heterocycles. The molecule has 7 heteroatoms. The Hall–Kier alpha value is -2.96. The molecule has 2 heterocycles. The van der Waals surface area contributed by atoms with E-state index in [1.165, 1.54) is 10.9 Å². The van der Waals surface area contributed by atoms with Crippen molar-refractivity contribution in [3.8, 4) is 5.82 Å². The molecule has 0 fully saturated rings. The quantitative estimate of drug-likeness (QED) is 0.752. The zero-order chi connectivity index (χ0) is 14.8. The summed E-state index contributed by atoms with van der Waals surface area (Å²) >= 11 is 0. The topological polar surface area (TPSA) is 98.7 Å². The summed E-state index contributed by atoms with van der Waals surface area (Å²) < 4.78 is 1.53. The van der Waals surface area contributed by atoms with Gasteiger partial charge in [0.05, 0.1) is 17.3 Å². The van der Waals surface area contributed by atoms with Gasteiger partial charge in [0, 0.05) is 18.1 Å². The van der Waals surface area contributed by atoms with Crippen molar-refractivity contribution in [1.29, 1.82) is 0 Å². The van der Waals surface area contributed by atoms with Crippen LogP contribution in [0.5, 0.6) is 0 Å². The number of fused-ring (bicyclic) bond motifs is 1. The fourth-order valence-corrected chi connectivity index (χ4v) is 2.04. The Balaban J connectivity index is 2.20. The van der Waals surface area contributed by atoms with Gasteiger partial charge in [-0.25, -0.2) is 9.67 Å². The summed E-state index contributed by atoms with van der Waals surface area (Å²) in [6.45, 7) is 2.68. The maximum absolute atomic E-state index is 11.2. The second kappa shape index (κ2) is 5.20. The minimum atomic E-state index is -0.522. The van der Waals surface area contributed by atoms with Gasteiger partial charge in [-0.1, -0.05) is 12.1 Å². The number of nitrogens with zero attached hydrogens (tertiary/aromatic N) is 4. The van der Waals surface area contributed by atoms with Crippen LogP contribution in [0.25, 0.3) is 16.7 Å². The SMILES string of the molecule is CCNc1nc(-n2cc(C(N)=O)cn2)c2ccccc2n1. The van der Waals surface area contributed by atoms with E-state index in [2.05, 4.69) is 20.4 Å². The molecule has 106 valence electrons. The van der Waals surface area contributed by atoms with Gasteiger partial charge in [0.1, 0.15) is 0 Å². The van der Waals surface area contributed by atoms with Crippen molar-refractivity contribution in [2.45, 2.75) is 6.92 Å².